The number of nitrogens with zero attached hydrogens (tertiary/aromatic N) is 2. The zero-order valence-electron chi connectivity index (χ0n) is 14.5. The highest BCUT2D eigenvalue weighted by molar-refractivity contribution is 7.22. The topological polar surface area (TPSA) is 63.6 Å². The van der Waals surface area contributed by atoms with Crippen molar-refractivity contribution in [1.82, 2.24) is 4.98 Å². The quantitative estimate of drug-likeness (QED) is 0.202. The molecule has 0 spiro atoms. The number of carbonyl (C=O) groups excluding carboxylic acids is 1. The molecular weight excluding hydrogens is 394 g/mol. The second kappa shape index (κ2) is 8.21. The van der Waals surface area contributed by atoms with Gasteiger partial charge in [0.05, 0.1) is 22.0 Å². The Labute approximate surface area is 170 Å². The Morgan fingerprint density at radius 1 is 1.04 bits per heavy atom. The Morgan fingerprint density at radius 2 is 1.79 bits per heavy atom. The number of rotatable bonds is 5. The largest absolute Gasteiger partial charge is 0.422 e. The van der Waals surface area contributed by atoms with E-state index in [0.29, 0.717) is 27.0 Å². The Balaban J connectivity index is 1.48. The van der Waals surface area contributed by atoms with E-state index in [1.165, 1.54) is 11.3 Å². The zero-order valence-corrected chi connectivity index (χ0v) is 16.1. The number of esters is 1. The summed E-state index contributed by atoms with van der Waals surface area (Å²) in [4.78, 5) is 16.8. The van der Waals surface area contributed by atoms with Crippen molar-refractivity contribution in [2.45, 2.75) is 0 Å². The molecule has 0 saturated heterocycles. The van der Waals surface area contributed by atoms with E-state index in [4.69, 9.17) is 16.3 Å². The molecule has 0 amide bonds. The minimum absolute atomic E-state index is 0.414. The lowest BCUT2D eigenvalue weighted by Gasteiger charge is -2.07. The maximum atomic E-state index is 12.3. The number of para-hydroxylation sites is 2. The summed E-state index contributed by atoms with van der Waals surface area (Å²) in [6, 6.07) is 21.6. The average Bonchev–Trinajstić information content (AvgIpc) is 3.12. The molecule has 1 N–H and O–H groups in total. The molecule has 0 aliphatic heterocycles. The standard InChI is InChI=1S/C21H14ClN3O2S/c22-16-11-9-14(10-12-16)20(26)27-18-7-3-1-5-15(18)13-23-25-21-24-17-6-2-4-8-19(17)28-21/h1-13H,(H,24,25)/b23-13-. The fourth-order valence-electron chi connectivity index (χ4n) is 2.50. The summed E-state index contributed by atoms with van der Waals surface area (Å²) < 4.78 is 6.59. The molecule has 1 heterocycles. The molecule has 4 aromatic rings. The first-order valence-electron chi connectivity index (χ1n) is 8.40. The third kappa shape index (κ3) is 4.19. The number of nitrogens with one attached hydrogen (secondary N) is 1. The molecule has 28 heavy (non-hydrogen) atoms. The summed E-state index contributed by atoms with van der Waals surface area (Å²) in [5.41, 5.74) is 4.93. The Morgan fingerprint density at radius 3 is 2.61 bits per heavy atom. The van der Waals surface area contributed by atoms with Crippen LogP contribution in [0.2, 0.25) is 5.02 Å². The Kier molecular flexibility index (Phi) is 5.32. The predicted octanol–water partition coefficient (Wildman–Crippen LogP) is 5.61. The van der Waals surface area contributed by atoms with Gasteiger partial charge in [0.25, 0.3) is 0 Å². The molecule has 5 nitrogen and oxygen atoms in total. The van der Waals surface area contributed by atoms with E-state index in [2.05, 4.69) is 15.5 Å². The average molecular weight is 408 g/mol. The minimum Gasteiger partial charge on any atom is -0.422 e. The number of aromatic nitrogens is 1. The van der Waals surface area contributed by atoms with Crippen LogP contribution in [0.25, 0.3) is 10.2 Å². The lowest BCUT2D eigenvalue weighted by atomic mass is 10.2. The molecule has 3 aromatic carbocycles. The van der Waals surface area contributed by atoms with Crippen LogP contribution in [0.15, 0.2) is 77.9 Å². The second-order valence-electron chi connectivity index (χ2n) is 5.79. The van der Waals surface area contributed by atoms with Gasteiger partial charge in [0.1, 0.15) is 5.75 Å². The van der Waals surface area contributed by atoms with E-state index < -0.39 is 5.97 Å². The first-order valence-corrected chi connectivity index (χ1v) is 9.60. The van der Waals surface area contributed by atoms with E-state index >= 15 is 0 Å². The normalized spacial score (nSPS) is 11.0. The number of ether oxygens (including phenoxy) is 1. The molecular formula is C21H14ClN3O2S. The molecule has 0 aliphatic rings. The first-order chi connectivity index (χ1) is 13.7. The second-order valence-corrected chi connectivity index (χ2v) is 7.26. The van der Waals surface area contributed by atoms with Crippen molar-refractivity contribution in [2.75, 3.05) is 5.43 Å². The number of halogens is 1. The van der Waals surface area contributed by atoms with Gasteiger partial charge in [0.15, 0.2) is 0 Å². The predicted molar refractivity (Wildman–Crippen MR) is 114 cm³/mol. The van der Waals surface area contributed by atoms with E-state index in [1.807, 2.05) is 36.4 Å². The highest BCUT2D eigenvalue weighted by Gasteiger charge is 2.10. The molecule has 0 radical (unpaired) electrons. The van der Waals surface area contributed by atoms with Crippen molar-refractivity contribution in [3.05, 3.63) is 88.9 Å². The number of hydrogen-bond donors (Lipinski definition) is 1. The number of fused-ring (bicyclic) bond motifs is 1. The van der Waals surface area contributed by atoms with Gasteiger partial charge < -0.3 is 4.74 Å². The molecule has 0 bridgehead atoms. The number of hydrazone groups is 1. The summed E-state index contributed by atoms with van der Waals surface area (Å²) in [5.74, 6) is -0.0473. The molecule has 0 fully saturated rings. The van der Waals surface area contributed by atoms with Crippen LogP contribution in [0.3, 0.4) is 0 Å². The lowest BCUT2D eigenvalue weighted by molar-refractivity contribution is 0.0734. The van der Waals surface area contributed by atoms with Crippen LogP contribution in [0.4, 0.5) is 5.13 Å². The number of thiazole rings is 1. The van der Waals surface area contributed by atoms with E-state index in [-0.39, 0.29) is 0 Å². The molecule has 7 heteroatoms. The van der Waals surface area contributed by atoms with Gasteiger partial charge in [-0.05, 0) is 48.5 Å². The third-order valence-corrected chi connectivity index (χ3v) is 5.05. The van der Waals surface area contributed by atoms with Crippen molar-refractivity contribution >= 4 is 50.5 Å². The van der Waals surface area contributed by atoms with Crippen LogP contribution in [-0.4, -0.2) is 17.2 Å². The minimum atomic E-state index is -0.461. The summed E-state index contributed by atoms with van der Waals surface area (Å²) >= 11 is 7.37. The molecule has 1 aromatic heterocycles. The molecule has 138 valence electrons. The molecule has 0 saturated carbocycles. The highest BCUT2D eigenvalue weighted by Crippen LogP contribution is 2.25. The summed E-state index contributed by atoms with van der Waals surface area (Å²) in [6.45, 7) is 0. The van der Waals surface area contributed by atoms with Crippen molar-refractivity contribution in [3.8, 4) is 5.75 Å². The Hall–Kier alpha value is -3.22. The van der Waals surface area contributed by atoms with Gasteiger partial charge in [-0.3, -0.25) is 5.43 Å². The fourth-order valence-corrected chi connectivity index (χ4v) is 3.44. The first kappa shape index (κ1) is 18.2. The van der Waals surface area contributed by atoms with Gasteiger partial charge in [0.2, 0.25) is 5.13 Å². The van der Waals surface area contributed by atoms with Crippen molar-refractivity contribution in [2.24, 2.45) is 5.10 Å². The van der Waals surface area contributed by atoms with Gasteiger partial charge >= 0.3 is 5.97 Å². The van der Waals surface area contributed by atoms with Gasteiger partial charge in [-0.25, -0.2) is 9.78 Å². The lowest BCUT2D eigenvalue weighted by Crippen LogP contribution is -2.09. The summed E-state index contributed by atoms with van der Waals surface area (Å²) in [6.07, 6.45) is 1.59. The highest BCUT2D eigenvalue weighted by atomic mass is 35.5. The van der Waals surface area contributed by atoms with Gasteiger partial charge in [-0.15, -0.1) is 0 Å². The van der Waals surface area contributed by atoms with E-state index in [0.717, 1.165) is 10.2 Å². The van der Waals surface area contributed by atoms with Crippen molar-refractivity contribution in [3.63, 3.8) is 0 Å². The van der Waals surface area contributed by atoms with Gasteiger partial charge in [0, 0.05) is 10.6 Å². The van der Waals surface area contributed by atoms with Gasteiger partial charge in [-0.1, -0.05) is 47.2 Å². The number of anilines is 1. The molecule has 4 rings (SSSR count). The van der Waals surface area contributed by atoms with Gasteiger partial charge in [-0.2, -0.15) is 5.10 Å². The van der Waals surface area contributed by atoms with Crippen LogP contribution >= 0.6 is 22.9 Å². The number of benzene rings is 3. The number of hydrogen-bond acceptors (Lipinski definition) is 6. The third-order valence-electron chi connectivity index (χ3n) is 3.86. The maximum absolute atomic E-state index is 12.3. The summed E-state index contributed by atoms with van der Waals surface area (Å²) in [7, 11) is 0. The van der Waals surface area contributed by atoms with Crippen molar-refractivity contribution < 1.29 is 9.53 Å². The smallest absolute Gasteiger partial charge is 0.343 e. The Bertz CT molecular complexity index is 1120. The molecule has 0 atom stereocenters. The SMILES string of the molecule is O=C(Oc1ccccc1/C=N\Nc1nc2ccccc2s1)c1ccc(Cl)cc1. The summed E-state index contributed by atoms with van der Waals surface area (Å²) in [5, 5.41) is 5.47. The molecule has 0 aliphatic carbocycles. The maximum Gasteiger partial charge on any atom is 0.343 e. The van der Waals surface area contributed by atoms with Crippen LogP contribution < -0.4 is 10.2 Å². The zero-order chi connectivity index (χ0) is 19.3. The van der Waals surface area contributed by atoms with Crippen LogP contribution in [0, 0.1) is 0 Å². The van der Waals surface area contributed by atoms with Crippen LogP contribution in [-0.2, 0) is 0 Å². The number of carbonyl (C=O) groups is 1. The van der Waals surface area contributed by atoms with E-state index in [9.17, 15) is 4.79 Å². The fraction of sp³-hybridized carbons (Fsp3) is 0. The van der Waals surface area contributed by atoms with Crippen LogP contribution in [0.1, 0.15) is 15.9 Å². The van der Waals surface area contributed by atoms with Crippen LogP contribution in [0.5, 0.6) is 5.75 Å². The monoisotopic (exact) mass is 407 g/mol. The van der Waals surface area contributed by atoms with E-state index in [1.54, 1.807) is 42.6 Å². The van der Waals surface area contributed by atoms with Crippen molar-refractivity contribution in [1.29, 1.82) is 0 Å². The molecule has 0 unspecified atom stereocenters.